The SMILES string of the molecule is C=CCc1cccc(Cl)c1OCCN1CCOCC1. The normalized spacial score (nSPS) is 16.3. The van der Waals surface area contributed by atoms with Crippen LogP contribution in [0.5, 0.6) is 5.75 Å². The lowest BCUT2D eigenvalue weighted by Gasteiger charge is -2.26. The molecule has 0 unspecified atom stereocenters. The van der Waals surface area contributed by atoms with E-state index < -0.39 is 0 Å². The second kappa shape index (κ2) is 7.53. The van der Waals surface area contributed by atoms with E-state index in [4.69, 9.17) is 21.1 Å². The zero-order chi connectivity index (χ0) is 13.5. The molecule has 19 heavy (non-hydrogen) atoms. The number of morpholine rings is 1. The third kappa shape index (κ3) is 4.23. The van der Waals surface area contributed by atoms with Crippen molar-refractivity contribution in [2.75, 3.05) is 39.5 Å². The van der Waals surface area contributed by atoms with Crippen molar-refractivity contribution in [2.45, 2.75) is 6.42 Å². The molecule has 0 radical (unpaired) electrons. The summed E-state index contributed by atoms with van der Waals surface area (Å²) in [4.78, 5) is 2.34. The summed E-state index contributed by atoms with van der Waals surface area (Å²) in [6.07, 6.45) is 2.63. The Kier molecular flexibility index (Phi) is 5.70. The van der Waals surface area contributed by atoms with Gasteiger partial charge in [0.05, 0.1) is 18.2 Å². The molecule has 0 saturated carbocycles. The molecule has 0 aliphatic carbocycles. The van der Waals surface area contributed by atoms with Crippen LogP contribution in [0.3, 0.4) is 0 Å². The Morgan fingerprint density at radius 2 is 2.16 bits per heavy atom. The Labute approximate surface area is 119 Å². The van der Waals surface area contributed by atoms with Gasteiger partial charge in [0, 0.05) is 19.6 Å². The van der Waals surface area contributed by atoms with Gasteiger partial charge in [0.15, 0.2) is 0 Å². The lowest BCUT2D eigenvalue weighted by Crippen LogP contribution is -2.38. The number of para-hydroxylation sites is 1. The molecular formula is C15H20ClNO2. The van der Waals surface area contributed by atoms with Crippen LogP contribution in [0.15, 0.2) is 30.9 Å². The predicted octanol–water partition coefficient (Wildman–Crippen LogP) is 2.78. The van der Waals surface area contributed by atoms with Crippen molar-refractivity contribution in [2.24, 2.45) is 0 Å². The molecule has 0 amide bonds. The molecule has 0 bridgehead atoms. The van der Waals surface area contributed by atoms with Gasteiger partial charge in [0.2, 0.25) is 0 Å². The van der Waals surface area contributed by atoms with Crippen LogP contribution in [-0.4, -0.2) is 44.4 Å². The average molecular weight is 282 g/mol. The molecule has 1 heterocycles. The minimum absolute atomic E-state index is 0.647. The first-order chi connectivity index (χ1) is 9.31. The molecule has 4 heteroatoms. The van der Waals surface area contributed by atoms with E-state index in [1.807, 2.05) is 24.3 Å². The lowest BCUT2D eigenvalue weighted by atomic mass is 10.1. The molecule has 2 rings (SSSR count). The van der Waals surface area contributed by atoms with Crippen LogP contribution in [0, 0.1) is 0 Å². The fraction of sp³-hybridized carbons (Fsp3) is 0.467. The molecule has 1 aromatic carbocycles. The quantitative estimate of drug-likeness (QED) is 0.749. The van der Waals surface area contributed by atoms with Crippen molar-refractivity contribution in [3.8, 4) is 5.75 Å². The highest BCUT2D eigenvalue weighted by molar-refractivity contribution is 6.32. The van der Waals surface area contributed by atoms with Gasteiger partial charge in [-0.3, -0.25) is 4.90 Å². The molecule has 3 nitrogen and oxygen atoms in total. The van der Waals surface area contributed by atoms with Crippen LogP contribution in [0.4, 0.5) is 0 Å². The van der Waals surface area contributed by atoms with Crippen LogP contribution in [-0.2, 0) is 11.2 Å². The third-order valence-electron chi connectivity index (χ3n) is 3.17. The summed E-state index contributed by atoms with van der Waals surface area (Å²) >= 11 is 6.19. The van der Waals surface area contributed by atoms with E-state index in [0.717, 1.165) is 50.6 Å². The van der Waals surface area contributed by atoms with Crippen LogP contribution in [0.2, 0.25) is 5.02 Å². The first-order valence-electron chi connectivity index (χ1n) is 6.62. The fourth-order valence-corrected chi connectivity index (χ4v) is 2.38. The van der Waals surface area contributed by atoms with Crippen LogP contribution in [0.25, 0.3) is 0 Å². The summed E-state index contributed by atoms with van der Waals surface area (Å²) in [5, 5.41) is 0.668. The maximum atomic E-state index is 6.19. The van der Waals surface area contributed by atoms with Crippen molar-refractivity contribution in [1.82, 2.24) is 4.90 Å². The molecule has 0 aromatic heterocycles. The summed E-state index contributed by atoms with van der Waals surface area (Å²) in [6, 6.07) is 5.83. The van der Waals surface area contributed by atoms with Gasteiger partial charge in [-0.15, -0.1) is 6.58 Å². The molecule has 1 aromatic rings. The van der Waals surface area contributed by atoms with Gasteiger partial charge in [-0.2, -0.15) is 0 Å². The maximum Gasteiger partial charge on any atom is 0.141 e. The molecule has 104 valence electrons. The first kappa shape index (κ1) is 14.4. The Morgan fingerprint density at radius 1 is 1.37 bits per heavy atom. The molecule has 0 spiro atoms. The van der Waals surface area contributed by atoms with Gasteiger partial charge in [-0.25, -0.2) is 0 Å². The summed E-state index contributed by atoms with van der Waals surface area (Å²) in [5.41, 5.74) is 1.09. The van der Waals surface area contributed by atoms with Crippen molar-refractivity contribution in [3.05, 3.63) is 41.4 Å². The monoisotopic (exact) mass is 281 g/mol. The number of hydrogen-bond acceptors (Lipinski definition) is 3. The standard InChI is InChI=1S/C15H20ClNO2/c1-2-4-13-5-3-6-14(16)15(13)19-12-9-17-7-10-18-11-8-17/h2-3,5-6H,1,4,7-12H2. The first-order valence-corrected chi connectivity index (χ1v) is 7.00. The van der Waals surface area contributed by atoms with E-state index in [-0.39, 0.29) is 0 Å². The molecule has 1 saturated heterocycles. The second-order valence-corrected chi connectivity index (χ2v) is 4.93. The Bertz CT molecular complexity index is 417. The number of ether oxygens (including phenoxy) is 2. The molecule has 1 fully saturated rings. The van der Waals surface area contributed by atoms with Gasteiger partial charge in [0.25, 0.3) is 0 Å². The van der Waals surface area contributed by atoms with Gasteiger partial charge >= 0.3 is 0 Å². The number of hydrogen-bond donors (Lipinski definition) is 0. The van der Waals surface area contributed by atoms with Crippen molar-refractivity contribution in [1.29, 1.82) is 0 Å². The number of benzene rings is 1. The highest BCUT2D eigenvalue weighted by atomic mass is 35.5. The summed E-state index contributed by atoms with van der Waals surface area (Å²) in [7, 11) is 0. The van der Waals surface area contributed by atoms with Crippen molar-refractivity contribution in [3.63, 3.8) is 0 Å². The van der Waals surface area contributed by atoms with E-state index >= 15 is 0 Å². The van der Waals surface area contributed by atoms with Crippen LogP contribution < -0.4 is 4.74 Å². The lowest BCUT2D eigenvalue weighted by molar-refractivity contribution is 0.0322. The van der Waals surface area contributed by atoms with Crippen LogP contribution in [0.1, 0.15) is 5.56 Å². The number of allylic oxidation sites excluding steroid dienone is 1. The highest BCUT2D eigenvalue weighted by Crippen LogP contribution is 2.29. The van der Waals surface area contributed by atoms with Gasteiger partial charge in [-0.05, 0) is 18.1 Å². The van der Waals surface area contributed by atoms with E-state index in [1.165, 1.54) is 0 Å². The maximum absolute atomic E-state index is 6.19. The smallest absolute Gasteiger partial charge is 0.141 e. The summed E-state index contributed by atoms with van der Waals surface area (Å²) in [6.45, 7) is 8.89. The largest absolute Gasteiger partial charge is 0.490 e. The second-order valence-electron chi connectivity index (χ2n) is 4.52. The number of nitrogens with zero attached hydrogens (tertiary/aromatic N) is 1. The van der Waals surface area contributed by atoms with Crippen LogP contribution >= 0.6 is 11.6 Å². The minimum Gasteiger partial charge on any atom is -0.490 e. The Morgan fingerprint density at radius 3 is 2.89 bits per heavy atom. The van der Waals surface area contributed by atoms with Gasteiger partial charge < -0.3 is 9.47 Å². The molecule has 1 aliphatic rings. The van der Waals surface area contributed by atoms with Crippen molar-refractivity contribution >= 4 is 11.6 Å². The number of rotatable bonds is 6. The van der Waals surface area contributed by atoms with E-state index in [2.05, 4.69) is 11.5 Å². The third-order valence-corrected chi connectivity index (χ3v) is 3.47. The topological polar surface area (TPSA) is 21.7 Å². The van der Waals surface area contributed by atoms with E-state index in [0.29, 0.717) is 11.6 Å². The van der Waals surface area contributed by atoms with Gasteiger partial charge in [0.1, 0.15) is 12.4 Å². The molecular weight excluding hydrogens is 262 g/mol. The number of halogens is 1. The summed E-state index contributed by atoms with van der Waals surface area (Å²) in [5.74, 6) is 0.789. The molecule has 0 atom stereocenters. The molecule has 0 N–H and O–H groups in total. The Balaban J connectivity index is 1.89. The molecule has 1 aliphatic heterocycles. The predicted molar refractivity (Wildman–Crippen MR) is 78.1 cm³/mol. The van der Waals surface area contributed by atoms with E-state index in [9.17, 15) is 0 Å². The Hall–Kier alpha value is -1.03. The highest BCUT2D eigenvalue weighted by Gasteiger charge is 2.11. The average Bonchev–Trinajstić information content (AvgIpc) is 2.43. The van der Waals surface area contributed by atoms with Crippen molar-refractivity contribution < 1.29 is 9.47 Å². The zero-order valence-corrected chi connectivity index (χ0v) is 11.9. The zero-order valence-electron chi connectivity index (χ0n) is 11.1. The van der Waals surface area contributed by atoms with E-state index in [1.54, 1.807) is 0 Å². The minimum atomic E-state index is 0.647. The van der Waals surface area contributed by atoms with Gasteiger partial charge in [-0.1, -0.05) is 29.8 Å². The summed E-state index contributed by atoms with van der Waals surface area (Å²) < 4.78 is 11.2. The fourth-order valence-electron chi connectivity index (χ4n) is 2.13.